The Hall–Kier alpha value is -0.980. The first-order valence-electron chi connectivity index (χ1n) is 7.03. The van der Waals surface area contributed by atoms with Crippen molar-refractivity contribution in [3.63, 3.8) is 0 Å². The molecule has 1 aliphatic carbocycles. The first kappa shape index (κ1) is 14.0. The van der Waals surface area contributed by atoms with Gasteiger partial charge in [-0.1, -0.05) is 0 Å². The summed E-state index contributed by atoms with van der Waals surface area (Å²) in [5, 5.41) is 0. The summed E-state index contributed by atoms with van der Waals surface area (Å²) in [7, 11) is -3.54. The Morgan fingerprint density at radius 3 is 2.55 bits per heavy atom. The molecular weight excluding hydrogens is 279 g/mol. The fraction of sp³-hybridized carbons (Fsp3) is 0.571. The van der Waals surface area contributed by atoms with Crippen LogP contribution in [0.15, 0.2) is 29.2 Å². The van der Waals surface area contributed by atoms with Crippen LogP contribution in [-0.2, 0) is 10.0 Å². The van der Waals surface area contributed by atoms with Gasteiger partial charge in [-0.15, -0.1) is 0 Å². The van der Waals surface area contributed by atoms with Gasteiger partial charge in [0.05, 0.1) is 4.90 Å². The molecule has 0 radical (unpaired) electrons. The van der Waals surface area contributed by atoms with Crippen LogP contribution in [0.1, 0.15) is 19.3 Å². The number of likely N-dealkylation sites (tertiary alicyclic amines) is 1. The van der Waals surface area contributed by atoms with Crippen LogP contribution in [0.5, 0.6) is 0 Å². The van der Waals surface area contributed by atoms with Gasteiger partial charge in [0.1, 0.15) is 5.82 Å². The summed E-state index contributed by atoms with van der Waals surface area (Å²) in [4.78, 5) is 2.45. The van der Waals surface area contributed by atoms with Gasteiger partial charge in [0.2, 0.25) is 10.0 Å². The van der Waals surface area contributed by atoms with E-state index in [0.29, 0.717) is 0 Å². The zero-order valence-electron chi connectivity index (χ0n) is 11.3. The topological polar surface area (TPSA) is 49.4 Å². The summed E-state index contributed by atoms with van der Waals surface area (Å²) in [6.07, 6.45) is 3.46. The first-order valence-corrected chi connectivity index (χ1v) is 8.51. The van der Waals surface area contributed by atoms with Crippen LogP contribution in [-0.4, -0.2) is 39.0 Å². The number of benzene rings is 1. The highest BCUT2D eigenvalue weighted by atomic mass is 32.2. The summed E-state index contributed by atoms with van der Waals surface area (Å²) < 4.78 is 39.9. The molecule has 1 aliphatic heterocycles. The lowest BCUT2D eigenvalue weighted by molar-refractivity contribution is 0.318. The molecule has 1 atom stereocenters. The molecule has 6 heteroatoms. The van der Waals surface area contributed by atoms with Crippen LogP contribution in [0, 0.1) is 11.7 Å². The summed E-state index contributed by atoms with van der Waals surface area (Å²) in [6, 6.07) is 4.90. The second kappa shape index (κ2) is 5.42. The zero-order valence-corrected chi connectivity index (χ0v) is 12.1. The van der Waals surface area contributed by atoms with E-state index in [1.807, 2.05) is 0 Å². The van der Waals surface area contributed by atoms with Gasteiger partial charge in [-0.25, -0.2) is 17.5 Å². The Kier molecular flexibility index (Phi) is 3.79. The van der Waals surface area contributed by atoms with Crippen molar-refractivity contribution in [3.05, 3.63) is 30.1 Å². The number of nitrogens with one attached hydrogen (secondary N) is 1. The molecule has 4 nitrogen and oxygen atoms in total. The maximum Gasteiger partial charge on any atom is 0.240 e. The van der Waals surface area contributed by atoms with Crippen molar-refractivity contribution in [3.8, 4) is 0 Å². The molecule has 3 rings (SSSR count). The molecule has 1 saturated carbocycles. The molecule has 2 aliphatic rings. The highest BCUT2D eigenvalue weighted by molar-refractivity contribution is 7.89. The van der Waals surface area contributed by atoms with Crippen LogP contribution in [0.3, 0.4) is 0 Å². The number of hydrogen-bond acceptors (Lipinski definition) is 3. The van der Waals surface area contributed by atoms with Crippen molar-refractivity contribution in [2.75, 3.05) is 19.6 Å². The molecule has 0 aromatic heterocycles. The molecule has 0 unspecified atom stereocenters. The van der Waals surface area contributed by atoms with Crippen molar-refractivity contribution in [1.82, 2.24) is 9.62 Å². The summed E-state index contributed by atoms with van der Waals surface area (Å²) in [5.41, 5.74) is 0. The molecule has 20 heavy (non-hydrogen) atoms. The van der Waals surface area contributed by atoms with E-state index in [1.165, 1.54) is 37.1 Å². The number of nitrogens with zero attached hydrogens (tertiary/aromatic N) is 1. The predicted octanol–water partition coefficient (Wildman–Crippen LogP) is 1.59. The average Bonchev–Trinajstić information content (AvgIpc) is 3.10. The van der Waals surface area contributed by atoms with Crippen LogP contribution in [0.25, 0.3) is 0 Å². The Morgan fingerprint density at radius 1 is 1.20 bits per heavy atom. The van der Waals surface area contributed by atoms with Crippen LogP contribution in [0.4, 0.5) is 4.39 Å². The SMILES string of the molecule is O=S(=O)(N[C@@H]1CCN(CC2CC2)C1)c1ccc(F)cc1. The van der Waals surface area contributed by atoms with E-state index in [0.717, 1.165) is 32.0 Å². The number of hydrogen-bond donors (Lipinski definition) is 1. The fourth-order valence-corrected chi connectivity index (χ4v) is 3.92. The largest absolute Gasteiger partial charge is 0.301 e. The fourth-order valence-electron chi connectivity index (χ4n) is 2.66. The van der Waals surface area contributed by atoms with Crippen LogP contribution >= 0.6 is 0 Å². The Balaban J connectivity index is 1.60. The van der Waals surface area contributed by atoms with E-state index < -0.39 is 15.8 Å². The minimum absolute atomic E-state index is 0.0381. The van der Waals surface area contributed by atoms with Crippen LogP contribution < -0.4 is 4.72 Å². The highest BCUT2D eigenvalue weighted by Crippen LogP contribution is 2.30. The third kappa shape index (κ3) is 3.37. The van der Waals surface area contributed by atoms with Gasteiger partial charge in [-0.3, -0.25) is 0 Å². The average molecular weight is 298 g/mol. The Bertz CT molecular complexity index is 569. The molecule has 1 aromatic rings. The molecule has 0 amide bonds. The summed E-state index contributed by atoms with van der Waals surface area (Å²) in [5.74, 6) is 0.392. The Morgan fingerprint density at radius 2 is 1.90 bits per heavy atom. The summed E-state index contributed by atoms with van der Waals surface area (Å²) >= 11 is 0. The van der Waals surface area contributed by atoms with Gasteiger partial charge in [0.15, 0.2) is 0 Å². The minimum atomic E-state index is -3.54. The third-order valence-corrected chi connectivity index (χ3v) is 5.47. The second-order valence-corrected chi connectivity index (χ2v) is 7.48. The second-order valence-electron chi connectivity index (χ2n) is 5.76. The van der Waals surface area contributed by atoms with E-state index in [-0.39, 0.29) is 10.9 Å². The maximum absolute atomic E-state index is 12.8. The standard InChI is InChI=1S/C14H19FN2O2S/c15-12-3-5-14(6-4-12)20(18,19)16-13-7-8-17(10-13)9-11-1-2-11/h3-6,11,13,16H,1-2,7-10H2/t13-/m1/s1. The van der Waals surface area contributed by atoms with Gasteiger partial charge < -0.3 is 4.90 Å². The van der Waals surface area contributed by atoms with Gasteiger partial charge in [0, 0.05) is 19.1 Å². The van der Waals surface area contributed by atoms with Crippen molar-refractivity contribution in [2.45, 2.75) is 30.2 Å². The Labute approximate surface area is 119 Å². The molecule has 1 aromatic carbocycles. The molecular formula is C14H19FN2O2S. The molecule has 1 saturated heterocycles. The number of sulfonamides is 1. The summed E-state index contributed by atoms with van der Waals surface area (Å²) in [6.45, 7) is 2.82. The van der Waals surface area contributed by atoms with Gasteiger partial charge in [0.25, 0.3) is 0 Å². The van der Waals surface area contributed by atoms with Crippen LogP contribution in [0.2, 0.25) is 0 Å². The maximum atomic E-state index is 12.8. The number of halogens is 1. The number of rotatable bonds is 5. The molecule has 1 heterocycles. The van der Waals surface area contributed by atoms with E-state index in [4.69, 9.17) is 0 Å². The minimum Gasteiger partial charge on any atom is -0.301 e. The first-order chi connectivity index (χ1) is 9.53. The van der Waals surface area contributed by atoms with Crippen molar-refractivity contribution >= 4 is 10.0 Å². The monoisotopic (exact) mass is 298 g/mol. The van der Waals surface area contributed by atoms with Crippen molar-refractivity contribution < 1.29 is 12.8 Å². The van der Waals surface area contributed by atoms with Gasteiger partial charge in [-0.05, 0) is 56.0 Å². The highest BCUT2D eigenvalue weighted by Gasteiger charge is 2.31. The van der Waals surface area contributed by atoms with E-state index >= 15 is 0 Å². The van der Waals surface area contributed by atoms with Crippen molar-refractivity contribution in [1.29, 1.82) is 0 Å². The zero-order chi connectivity index (χ0) is 14.2. The molecule has 110 valence electrons. The third-order valence-electron chi connectivity index (χ3n) is 3.93. The van der Waals surface area contributed by atoms with E-state index in [9.17, 15) is 12.8 Å². The lowest BCUT2D eigenvalue weighted by atomic mass is 10.3. The van der Waals surface area contributed by atoms with E-state index in [1.54, 1.807) is 0 Å². The molecule has 0 spiro atoms. The van der Waals surface area contributed by atoms with Gasteiger partial charge in [-0.2, -0.15) is 0 Å². The molecule has 2 fully saturated rings. The van der Waals surface area contributed by atoms with Crippen molar-refractivity contribution in [2.24, 2.45) is 5.92 Å². The van der Waals surface area contributed by atoms with Gasteiger partial charge >= 0.3 is 0 Å². The quantitative estimate of drug-likeness (QED) is 0.898. The smallest absolute Gasteiger partial charge is 0.240 e. The lowest BCUT2D eigenvalue weighted by Gasteiger charge is -2.16. The molecule has 1 N–H and O–H groups in total. The van der Waals surface area contributed by atoms with E-state index in [2.05, 4.69) is 9.62 Å². The molecule has 0 bridgehead atoms. The predicted molar refractivity (Wildman–Crippen MR) is 74.3 cm³/mol. The lowest BCUT2D eigenvalue weighted by Crippen LogP contribution is -2.37. The normalized spacial score (nSPS) is 24.1.